The van der Waals surface area contributed by atoms with Crippen LogP contribution in [-0.2, 0) is 0 Å². The zero-order valence-electron chi connectivity index (χ0n) is 9.22. The molecule has 3 unspecified atom stereocenters. The SMILES string of the molecule is C#CS(=C=C)(=C=C)CC1CCC(Cl)C(Cl)C1. The van der Waals surface area contributed by atoms with Crippen molar-refractivity contribution >= 4 is 42.5 Å². The molecular formula is C13H16Cl2S. The average Bonchev–Trinajstić information content (AvgIpc) is 2.31. The van der Waals surface area contributed by atoms with E-state index in [0.717, 1.165) is 25.0 Å². The lowest BCUT2D eigenvalue weighted by atomic mass is 9.90. The van der Waals surface area contributed by atoms with Crippen molar-refractivity contribution < 1.29 is 0 Å². The van der Waals surface area contributed by atoms with E-state index in [-0.39, 0.29) is 10.8 Å². The van der Waals surface area contributed by atoms with Crippen LogP contribution >= 0.6 is 32.4 Å². The maximum atomic E-state index is 6.17. The fraction of sp³-hybridized carbons (Fsp3) is 0.538. The Morgan fingerprint density at radius 1 is 1.19 bits per heavy atom. The van der Waals surface area contributed by atoms with Crippen LogP contribution in [0.5, 0.6) is 0 Å². The van der Waals surface area contributed by atoms with Crippen LogP contribution in [0.3, 0.4) is 0 Å². The van der Waals surface area contributed by atoms with Crippen LogP contribution in [0, 0.1) is 17.6 Å². The Morgan fingerprint density at radius 2 is 1.81 bits per heavy atom. The number of hydrogen-bond acceptors (Lipinski definition) is 0. The molecule has 0 spiro atoms. The van der Waals surface area contributed by atoms with E-state index in [1.54, 1.807) is 0 Å². The van der Waals surface area contributed by atoms with E-state index < -0.39 is 9.21 Å². The lowest BCUT2D eigenvalue weighted by Crippen LogP contribution is -2.27. The van der Waals surface area contributed by atoms with Crippen molar-refractivity contribution in [1.29, 1.82) is 0 Å². The first-order valence-corrected chi connectivity index (χ1v) is 7.88. The molecule has 0 aromatic heterocycles. The minimum absolute atomic E-state index is 0.0462. The minimum Gasteiger partial charge on any atom is -0.121 e. The van der Waals surface area contributed by atoms with Crippen molar-refractivity contribution in [3.8, 4) is 11.7 Å². The molecule has 0 aromatic rings. The summed E-state index contributed by atoms with van der Waals surface area (Å²) in [5.74, 6) is 1.34. The Labute approximate surface area is 109 Å². The molecule has 3 atom stereocenters. The fourth-order valence-electron chi connectivity index (χ4n) is 1.96. The predicted octanol–water partition coefficient (Wildman–Crippen LogP) is 3.57. The van der Waals surface area contributed by atoms with E-state index in [1.165, 1.54) is 0 Å². The van der Waals surface area contributed by atoms with Crippen molar-refractivity contribution in [1.82, 2.24) is 0 Å². The average molecular weight is 275 g/mol. The lowest BCUT2D eigenvalue weighted by Gasteiger charge is -2.29. The molecule has 0 amide bonds. The number of terminal acetylenes is 1. The maximum absolute atomic E-state index is 6.17. The third-order valence-corrected chi connectivity index (χ3v) is 6.47. The van der Waals surface area contributed by atoms with Crippen molar-refractivity contribution in [2.45, 2.75) is 30.0 Å². The van der Waals surface area contributed by atoms with Crippen LogP contribution in [0.1, 0.15) is 19.3 Å². The molecule has 0 aliphatic heterocycles. The van der Waals surface area contributed by atoms with Gasteiger partial charge in [-0.2, -0.15) is 0 Å². The summed E-state index contributed by atoms with van der Waals surface area (Å²) >= 11 is 12.3. The highest BCUT2D eigenvalue weighted by molar-refractivity contribution is 8.32. The second-order valence-electron chi connectivity index (χ2n) is 4.02. The molecule has 0 aromatic carbocycles. The molecule has 1 fully saturated rings. The summed E-state index contributed by atoms with van der Waals surface area (Å²) in [6, 6.07) is 0. The monoisotopic (exact) mass is 274 g/mol. The van der Waals surface area contributed by atoms with Crippen molar-refractivity contribution in [2.24, 2.45) is 5.92 Å². The van der Waals surface area contributed by atoms with Gasteiger partial charge in [0.15, 0.2) is 0 Å². The topological polar surface area (TPSA) is 0 Å². The van der Waals surface area contributed by atoms with Gasteiger partial charge in [-0.3, -0.25) is 0 Å². The van der Waals surface area contributed by atoms with Gasteiger partial charge < -0.3 is 0 Å². The molecule has 1 aliphatic rings. The molecule has 16 heavy (non-hydrogen) atoms. The third-order valence-electron chi connectivity index (χ3n) is 2.98. The number of hydrogen-bond donors (Lipinski definition) is 0. The van der Waals surface area contributed by atoms with Crippen LogP contribution in [-0.4, -0.2) is 26.6 Å². The highest BCUT2D eigenvalue weighted by atomic mass is 35.5. The second-order valence-corrected chi connectivity index (χ2v) is 7.77. The first kappa shape index (κ1) is 13.9. The quantitative estimate of drug-likeness (QED) is 0.410. The summed E-state index contributed by atoms with van der Waals surface area (Å²) in [4.78, 5) is 0. The van der Waals surface area contributed by atoms with Gasteiger partial charge in [-0.15, -0.1) is 29.6 Å². The molecule has 0 N–H and O–H groups in total. The largest absolute Gasteiger partial charge is 0.121 e. The first-order chi connectivity index (χ1) is 7.56. The number of rotatable bonds is 2. The summed E-state index contributed by atoms with van der Waals surface area (Å²) in [5, 5.41) is 8.76. The normalized spacial score (nSPS) is 29.9. The zero-order valence-corrected chi connectivity index (χ0v) is 11.5. The van der Waals surface area contributed by atoms with Crippen molar-refractivity contribution in [3.05, 3.63) is 13.2 Å². The van der Waals surface area contributed by atoms with Gasteiger partial charge in [-0.05, 0) is 43.6 Å². The van der Waals surface area contributed by atoms with Crippen LogP contribution in [0.15, 0.2) is 13.2 Å². The molecule has 1 rings (SSSR count). The smallest absolute Gasteiger partial charge is 0.0502 e. The summed E-state index contributed by atoms with van der Waals surface area (Å²) < 4.78 is 0. The van der Waals surface area contributed by atoms with Crippen LogP contribution in [0.4, 0.5) is 0 Å². The molecule has 0 radical (unpaired) electrons. The fourth-order valence-corrected chi connectivity index (χ4v) is 4.18. The molecule has 0 saturated heterocycles. The van der Waals surface area contributed by atoms with E-state index in [2.05, 4.69) is 28.5 Å². The van der Waals surface area contributed by atoms with Gasteiger partial charge in [-0.1, -0.05) is 19.3 Å². The predicted molar refractivity (Wildman–Crippen MR) is 79.2 cm³/mol. The molecule has 1 aliphatic carbocycles. The lowest BCUT2D eigenvalue weighted by molar-refractivity contribution is 0.401. The molecule has 0 bridgehead atoms. The Morgan fingerprint density at radius 3 is 2.25 bits per heavy atom. The van der Waals surface area contributed by atoms with Gasteiger partial charge in [-0.25, -0.2) is 0 Å². The molecule has 88 valence electrons. The van der Waals surface area contributed by atoms with Crippen LogP contribution < -0.4 is 0 Å². The Kier molecular flexibility index (Phi) is 5.13. The van der Waals surface area contributed by atoms with Crippen molar-refractivity contribution in [3.63, 3.8) is 0 Å². The number of halogens is 2. The maximum Gasteiger partial charge on any atom is 0.0502 e. The summed E-state index contributed by atoms with van der Waals surface area (Å²) in [5.41, 5.74) is 0. The summed E-state index contributed by atoms with van der Waals surface area (Å²) in [6.45, 7) is 7.36. The van der Waals surface area contributed by atoms with Gasteiger partial charge >= 0.3 is 0 Å². The van der Waals surface area contributed by atoms with E-state index in [0.29, 0.717) is 5.92 Å². The molecular weight excluding hydrogens is 259 g/mol. The summed E-state index contributed by atoms with van der Waals surface area (Å²) in [6.07, 6.45) is 8.46. The van der Waals surface area contributed by atoms with Gasteiger partial charge in [0.1, 0.15) is 0 Å². The first-order valence-electron chi connectivity index (χ1n) is 5.21. The highest BCUT2D eigenvalue weighted by Gasteiger charge is 2.28. The van der Waals surface area contributed by atoms with E-state index >= 15 is 0 Å². The van der Waals surface area contributed by atoms with E-state index in [4.69, 9.17) is 29.6 Å². The molecule has 0 heterocycles. The standard InChI is InChI=1S/C13H16Cl2S/c1-4-16(5-2,6-3)10-11-7-8-12(14)13(15)9-11/h1,11-13H,2-3,7-10H2. The second kappa shape index (κ2) is 5.92. The molecule has 3 heteroatoms. The third kappa shape index (κ3) is 3.14. The molecule has 1 saturated carbocycles. The van der Waals surface area contributed by atoms with Crippen molar-refractivity contribution in [2.75, 3.05) is 5.75 Å². The van der Waals surface area contributed by atoms with E-state index in [1.807, 2.05) is 0 Å². The van der Waals surface area contributed by atoms with Gasteiger partial charge in [0.25, 0.3) is 0 Å². The van der Waals surface area contributed by atoms with Gasteiger partial charge in [0.2, 0.25) is 0 Å². The summed E-state index contributed by atoms with van der Waals surface area (Å²) in [7, 11) is -1.55. The van der Waals surface area contributed by atoms with Gasteiger partial charge in [0.05, 0.1) is 5.38 Å². The van der Waals surface area contributed by atoms with Crippen LogP contribution in [0.25, 0.3) is 0 Å². The Balaban J connectivity index is 2.82. The zero-order chi connectivity index (χ0) is 12.2. The van der Waals surface area contributed by atoms with E-state index in [9.17, 15) is 0 Å². The highest BCUT2D eigenvalue weighted by Crippen LogP contribution is 2.36. The minimum atomic E-state index is -1.55. The van der Waals surface area contributed by atoms with Gasteiger partial charge in [0, 0.05) is 11.1 Å². The van der Waals surface area contributed by atoms with Crippen LogP contribution in [0.2, 0.25) is 0 Å². The number of alkyl halides is 2. The molecule has 0 nitrogen and oxygen atoms in total. The Bertz CT molecular complexity index is 433. The Hall–Kier alpha value is -0.210.